The second-order valence-corrected chi connectivity index (χ2v) is 10.5. The zero-order valence-electron chi connectivity index (χ0n) is 18.7. The molecule has 0 saturated heterocycles. The Labute approximate surface area is 195 Å². The van der Waals surface area contributed by atoms with Crippen molar-refractivity contribution in [2.24, 2.45) is 0 Å². The average molecular weight is 468 g/mol. The molecular weight excluding hydrogens is 438 g/mol. The molecule has 2 atom stereocenters. The molecule has 6 nitrogen and oxygen atoms in total. The molecule has 0 bridgehead atoms. The molecule has 174 valence electrons. The Morgan fingerprint density at radius 2 is 1.76 bits per heavy atom. The first-order chi connectivity index (χ1) is 15.8. The van der Waals surface area contributed by atoms with Crippen molar-refractivity contribution < 1.29 is 23.7 Å². The van der Waals surface area contributed by atoms with E-state index in [4.69, 9.17) is 4.74 Å². The Bertz CT molecular complexity index is 1130. The van der Waals surface area contributed by atoms with Crippen molar-refractivity contribution in [3.8, 4) is 5.75 Å². The van der Waals surface area contributed by atoms with Crippen molar-refractivity contribution in [1.29, 1.82) is 0 Å². The highest BCUT2D eigenvalue weighted by Crippen LogP contribution is 2.57. The standard InChI is InChI=1S/C26H29NO5S/c1-18-12-13-21(23(15-26(28)29)20-8-4-3-5-9-20)14-22(18)17-27-16-19(2)32-24-10-6-7-11-25(24)33(27,30)31/h3-14,19,23,30-31H,15-17H2,1-2H3,(H,28,29). The number of carboxylic acids is 1. The van der Waals surface area contributed by atoms with Gasteiger partial charge in [0.25, 0.3) is 0 Å². The van der Waals surface area contributed by atoms with E-state index in [-0.39, 0.29) is 18.4 Å². The van der Waals surface area contributed by atoms with E-state index in [1.165, 1.54) is 0 Å². The summed E-state index contributed by atoms with van der Waals surface area (Å²) in [5.74, 6) is -0.672. The van der Waals surface area contributed by atoms with Crippen LogP contribution in [0.3, 0.4) is 0 Å². The van der Waals surface area contributed by atoms with Crippen LogP contribution in [0, 0.1) is 6.92 Å². The van der Waals surface area contributed by atoms with Crippen molar-refractivity contribution in [2.45, 2.75) is 43.7 Å². The summed E-state index contributed by atoms with van der Waals surface area (Å²) in [5, 5.41) is 9.53. The minimum Gasteiger partial charge on any atom is -0.487 e. The summed E-state index contributed by atoms with van der Waals surface area (Å²) >= 11 is 0. The van der Waals surface area contributed by atoms with Gasteiger partial charge in [0.05, 0.1) is 13.0 Å². The Balaban J connectivity index is 1.70. The monoisotopic (exact) mass is 467 g/mol. The molecule has 1 aliphatic heterocycles. The second kappa shape index (κ2) is 9.57. The lowest BCUT2D eigenvalue weighted by atomic mass is 9.87. The summed E-state index contributed by atoms with van der Waals surface area (Å²) in [4.78, 5) is 12.0. The Kier molecular flexibility index (Phi) is 6.76. The fourth-order valence-electron chi connectivity index (χ4n) is 4.27. The van der Waals surface area contributed by atoms with Gasteiger partial charge in [0, 0.05) is 12.5 Å². The van der Waals surface area contributed by atoms with Gasteiger partial charge in [-0.05, 0) is 48.2 Å². The maximum absolute atomic E-state index is 11.6. The van der Waals surface area contributed by atoms with Crippen LogP contribution in [-0.4, -0.2) is 37.1 Å². The van der Waals surface area contributed by atoms with Gasteiger partial charge in [-0.25, -0.2) is 0 Å². The van der Waals surface area contributed by atoms with E-state index in [1.807, 2.05) is 68.4 Å². The molecule has 1 heterocycles. The van der Waals surface area contributed by atoms with Crippen LogP contribution in [0.4, 0.5) is 0 Å². The molecular formula is C26H29NO5S. The minimum absolute atomic E-state index is 0.0241. The summed E-state index contributed by atoms with van der Waals surface area (Å²) in [6.07, 6.45) is -0.253. The van der Waals surface area contributed by atoms with Crippen molar-refractivity contribution >= 4 is 16.7 Å². The van der Waals surface area contributed by atoms with Gasteiger partial charge in [-0.3, -0.25) is 13.9 Å². The number of benzene rings is 3. The molecule has 7 heteroatoms. The van der Waals surface area contributed by atoms with Gasteiger partial charge in [-0.15, -0.1) is 10.8 Å². The van der Waals surface area contributed by atoms with Crippen molar-refractivity contribution in [3.05, 3.63) is 95.1 Å². The number of carbonyl (C=O) groups is 1. The van der Waals surface area contributed by atoms with Crippen LogP contribution in [0.15, 0.2) is 77.7 Å². The number of rotatable bonds is 6. The van der Waals surface area contributed by atoms with Crippen LogP contribution in [0.1, 0.15) is 41.5 Å². The molecule has 0 aliphatic carbocycles. The number of aryl methyl sites for hydroxylation is 1. The third kappa shape index (κ3) is 5.07. The molecule has 0 spiro atoms. The van der Waals surface area contributed by atoms with Crippen molar-refractivity contribution in [1.82, 2.24) is 4.31 Å². The topological polar surface area (TPSA) is 90.2 Å². The lowest BCUT2D eigenvalue weighted by molar-refractivity contribution is -0.137. The normalized spacial score (nSPS) is 19.6. The van der Waals surface area contributed by atoms with Crippen LogP contribution >= 0.6 is 10.8 Å². The number of carboxylic acid groups (broad SMARTS) is 1. The molecule has 0 saturated carbocycles. The fraction of sp³-hybridized carbons (Fsp3) is 0.269. The van der Waals surface area contributed by atoms with Crippen LogP contribution in [0.2, 0.25) is 0 Å². The summed E-state index contributed by atoms with van der Waals surface area (Å²) in [6.45, 7) is 4.54. The Morgan fingerprint density at radius 1 is 1.06 bits per heavy atom. The number of aliphatic carboxylic acids is 1. The van der Waals surface area contributed by atoms with Crippen molar-refractivity contribution in [2.75, 3.05) is 6.54 Å². The second-order valence-electron chi connectivity index (χ2n) is 8.46. The molecule has 2 unspecified atom stereocenters. The molecule has 4 rings (SSSR count). The fourth-order valence-corrected chi connectivity index (χ4v) is 5.93. The Hall–Kier alpha value is -2.84. The van der Waals surface area contributed by atoms with Gasteiger partial charge in [0.15, 0.2) is 0 Å². The van der Waals surface area contributed by atoms with E-state index in [0.29, 0.717) is 23.7 Å². The predicted octanol–water partition coefficient (Wildman–Crippen LogP) is 5.91. The molecule has 0 aromatic heterocycles. The van der Waals surface area contributed by atoms with E-state index in [1.54, 1.807) is 22.5 Å². The van der Waals surface area contributed by atoms with Crippen LogP contribution in [-0.2, 0) is 11.3 Å². The van der Waals surface area contributed by atoms with E-state index < -0.39 is 16.7 Å². The number of hydrogen-bond acceptors (Lipinski definition) is 5. The third-order valence-electron chi connectivity index (χ3n) is 6.00. The lowest BCUT2D eigenvalue weighted by Gasteiger charge is -2.42. The van der Waals surface area contributed by atoms with E-state index in [0.717, 1.165) is 22.3 Å². The number of hydrogen-bond donors (Lipinski definition) is 3. The Morgan fingerprint density at radius 3 is 2.48 bits per heavy atom. The van der Waals surface area contributed by atoms with Gasteiger partial charge < -0.3 is 9.84 Å². The number of para-hydroxylation sites is 1. The highest BCUT2D eigenvalue weighted by molar-refractivity contribution is 8.22. The summed E-state index contributed by atoms with van der Waals surface area (Å²) in [7, 11) is -3.26. The molecule has 0 amide bonds. The first-order valence-electron chi connectivity index (χ1n) is 10.9. The average Bonchev–Trinajstić information content (AvgIpc) is 2.88. The molecule has 33 heavy (non-hydrogen) atoms. The van der Waals surface area contributed by atoms with Gasteiger partial charge in [0.2, 0.25) is 0 Å². The smallest absolute Gasteiger partial charge is 0.304 e. The third-order valence-corrected chi connectivity index (χ3v) is 7.92. The van der Waals surface area contributed by atoms with Crippen LogP contribution in [0.5, 0.6) is 5.75 Å². The molecule has 3 N–H and O–H groups in total. The lowest BCUT2D eigenvalue weighted by Crippen LogP contribution is -2.33. The van der Waals surface area contributed by atoms with Gasteiger partial charge in [-0.1, -0.05) is 60.7 Å². The summed E-state index contributed by atoms with van der Waals surface area (Å²) < 4.78 is 30.1. The quantitative estimate of drug-likeness (QED) is 0.418. The van der Waals surface area contributed by atoms with Gasteiger partial charge in [-0.2, -0.15) is 4.31 Å². The largest absolute Gasteiger partial charge is 0.487 e. The van der Waals surface area contributed by atoms with Crippen LogP contribution in [0.25, 0.3) is 0 Å². The van der Waals surface area contributed by atoms with E-state index in [2.05, 4.69) is 0 Å². The first-order valence-corrected chi connectivity index (χ1v) is 12.4. The maximum Gasteiger partial charge on any atom is 0.304 e. The maximum atomic E-state index is 11.6. The highest BCUT2D eigenvalue weighted by Gasteiger charge is 2.34. The first kappa shape index (κ1) is 23.3. The number of fused-ring (bicyclic) bond motifs is 1. The van der Waals surface area contributed by atoms with E-state index >= 15 is 0 Å². The molecule has 3 aromatic rings. The predicted molar refractivity (Wildman–Crippen MR) is 130 cm³/mol. The van der Waals surface area contributed by atoms with Gasteiger partial charge >= 0.3 is 5.97 Å². The van der Waals surface area contributed by atoms with E-state index in [9.17, 15) is 19.0 Å². The molecule has 0 radical (unpaired) electrons. The zero-order valence-corrected chi connectivity index (χ0v) is 19.5. The summed E-state index contributed by atoms with van der Waals surface area (Å²) in [5.41, 5.74) is 3.75. The number of nitrogens with zero attached hydrogens (tertiary/aromatic N) is 1. The van der Waals surface area contributed by atoms with Crippen molar-refractivity contribution in [3.63, 3.8) is 0 Å². The highest BCUT2D eigenvalue weighted by atomic mass is 32.3. The zero-order chi connectivity index (χ0) is 23.6. The molecule has 3 aromatic carbocycles. The molecule has 1 aliphatic rings. The molecule has 0 fully saturated rings. The number of ether oxygens (including phenoxy) is 1. The minimum atomic E-state index is -3.26. The van der Waals surface area contributed by atoms with Crippen LogP contribution < -0.4 is 4.74 Å². The van der Waals surface area contributed by atoms with Gasteiger partial charge in [0.1, 0.15) is 16.7 Å². The summed E-state index contributed by atoms with van der Waals surface area (Å²) in [6, 6.07) is 22.6. The SMILES string of the molecule is Cc1ccc(C(CC(=O)O)c2ccccc2)cc1CN1CC(C)Oc2ccccc2S1(O)O.